The van der Waals surface area contributed by atoms with Crippen molar-refractivity contribution < 1.29 is 18.7 Å². The number of para-hydroxylation sites is 2. The van der Waals surface area contributed by atoms with Gasteiger partial charge in [-0.1, -0.05) is 41.7 Å². The van der Waals surface area contributed by atoms with E-state index in [1.54, 1.807) is 43.5 Å². The minimum absolute atomic E-state index is 0.157. The molecule has 5 rings (SSSR count). The van der Waals surface area contributed by atoms with Gasteiger partial charge in [0.25, 0.3) is 11.8 Å². The maximum Gasteiger partial charge on any atom is 0.291 e. The van der Waals surface area contributed by atoms with Crippen molar-refractivity contribution in [1.29, 1.82) is 0 Å². The van der Waals surface area contributed by atoms with Gasteiger partial charge in [0.2, 0.25) is 5.13 Å². The van der Waals surface area contributed by atoms with Gasteiger partial charge in [-0.25, -0.2) is 0 Å². The molecule has 0 spiro atoms. The fourth-order valence-corrected chi connectivity index (χ4v) is 4.10. The molecule has 0 bridgehead atoms. The van der Waals surface area contributed by atoms with E-state index in [0.717, 1.165) is 16.7 Å². The van der Waals surface area contributed by atoms with Crippen molar-refractivity contribution in [3.63, 3.8) is 0 Å². The number of methoxy groups -OCH3 is 1. The summed E-state index contributed by atoms with van der Waals surface area (Å²) in [6.45, 7) is 0. The molecule has 0 saturated carbocycles. The molecule has 9 heteroatoms. The van der Waals surface area contributed by atoms with E-state index >= 15 is 0 Å². The summed E-state index contributed by atoms with van der Waals surface area (Å²) in [6.07, 6.45) is 0. The van der Waals surface area contributed by atoms with Crippen molar-refractivity contribution in [2.45, 2.75) is 0 Å². The monoisotopic (exact) mass is 470 g/mol. The number of furan rings is 1. The van der Waals surface area contributed by atoms with Gasteiger partial charge in [0.1, 0.15) is 16.3 Å². The highest BCUT2D eigenvalue weighted by atomic mass is 32.1. The Bertz CT molecular complexity index is 1460. The summed E-state index contributed by atoms with van der Waals surface area (Å²) < 4.78 is 10.8. The summed E-state index contributed by atoms with van der Waals surface area (Å²) in [5.41, 5.74) is 2.11. The molecule has 34 heavy (non-hydrogen) atoms. The molecular formula is C25H18N4O4S. The minimum atomic E-state index is -0.450. The molecule has 0 aliphatic carbocycles. The van der Waals surface area contributed by atoms with Crippen molar-refractivity contribution in [2.75, 3.05) is 17.7 Å². The SMILES string of the molecule is COc1ccc(-c2nnc(NC(=O)c3ccccc3NC(=O)c3cc4ccccc4o3)s2)cc1. The second-order valence-corrected chi connectivity index (χ2v) is 8.22. The van der Waals surface area contributed by atoms with Crippen molar-refractivity contribution >= 4 is 44.9 Å². The quantitative estimate of drug-likeness (QED) is 0.341. The van der Waals surface area contributed by atoms with Crippen molar-refractivity contribution in [3.8, 4) is 16.3 Å². The summed E-state index contributed by atoms with van der Waals surface area (Å²) in [6, 6.07) is 23.1. The number of nitrogens with one attached hydrogen (secondary N) is 2. The molecule has 0 radical (unpaired) electrons. The highest BCUT2D eigenvalue weighted by molar-refractivity contribution is 7.18. The Balaban J connectivity index is 1.32. The molecule has 0 aliphatic heterocycles. The Hall–Kier alpha value is -4.50. The largest absolute Gasteiger partial charge is 0.497 e. The van der Waals surface area contributed by atoms with E-state index < -0.39 is 11.8 Å². The predicted molar refractivity (Wildman–Crippen MR) is 130 cm³/mol. The summed E-state index contributed by atoms with van der Waals surface area (Å²) in [4.78, 5) is 25.7. The van der Waals surface area contributed by atoms with E-state index in [1.165, 1.54) is 11.3 Å². The topological polar surface area (TPSA) is 106 Å². The van der Waals surface area contributed by atoms with Crippen LogP contribution in [-0.4, -0.2) is 29.1 Å². The summed E-state index contributed by atoms with van der Waals surface area (Å²) in [5.74, 6) is 0.0276. The molecule has 5 aromatic rings. The minimum Gasteiger partial charge on any atom is -0.497 e. The number of benzene rings is 3. The van der Waals surface area contributed by atoms with E-state index in [9.17, 15) is 9.59 Å². The molecule has 2 aromatic heterocycles. The van der Waals surface area contributed by atoms with Crippen LogP contribution in [0.1, 0.15) is 20.9 Å². The summed E-state index contributed by atoms with van der Waals surface area (Å²) in [7, 11) is 1.60. The molecule has 0 fully saturated rings. The zero-order valence-electron chi connectivity index (χ0n) is 17.9. The number of aromatic nitrogens is 2. The van der Waals surface area contributed by atoms with Crippen LogP contribution in [0, 0.1) is 0 Å². The van der Waals surface area contributed by atoms with Crippen LogP contribution < -0.4 is 15.4 Å². The number of anilines is 2. The van der Waals surface area contributed by atoms with E-state index in [0.29, 0.717) is 21.4 Å². The molecule has 0 atom stereocenters. The Kier molecular flexibility index (Phi) is 5.75. The van der Waals surface area contributed by atoms with Gasteiger partial charge in [-0.15, -0.1) is 10.2 Å². The molecule has 2 N–H and O–H groups in total. The smallest absolute Gasteiger partial charge is 0.291 e. The van der Waals surface area contributed by atoms with Gasteiger partial charge >= 0.3 is 0 Å². The first-order chi connectivity index (χ1) is 16.6. The molecule has 2 amide bonds. The number of amides is 2. The second-order valence-electron chi connectivity index (χ2n) is 7.24. The molecule has 168 valence electrons. The summed E-state index contributed by atoms with van der Waals surface area (Å²) >= 11 is 1.24. The molecular weight excluding hydrogens is 452 g/mol. The normalized spacial score (nSPS) is 10.7. The number of carbonyl (C=O) groups excluding carboxylic acids is 2. The van der Waals surface area contributed by atoms with E-state index in [-0.39, 0.29) is 11.3 Å². The lowest BCUT2D eigenvalue weighted by molar-refractivity contribution is 0.0998. The number of carbonyl (C=O) groups is 2. The third-order valence-corrected chi connectivity index (χ3v) is 5.94. The van der Waals surface area contributed by atoms with Gasteiger partial charge in [-0.2, -0.15) is 0 Å². The standard InChI is InChI=1S/C25H18N4O4S/c1-32-17-12-10-15(11-13-17)24-28-29-25(34-24)27-22(30)18-7-3-4-8-19(18)26-23(31)21-14-16-6-2-5-9-20(16)33-21/h2-14H,1H3,(H,26,31)(H,27,29,30). The zero-order chi connectivity index (χ0) is 23.5. The lowest BCUT2D eigenvalue weighted by atomic mass is 10.1. The first-order valence-electron chi connectivity index (χ1n) is 10.3. The third-order valence-electron chi connectivity index (χ3n) is 5.05. The van der Waals surface area contributed by atoms with Crippen molar-refractivity contribution in [2.24, 2.45) is 0 Å². The lowest BCUT2D eigenvalue weighted by Crippen LogP contribution is -2.17. The van der Waals surface area contributed by atoms with Crippen LogP contribution in [-0.2, 0) is 0 Å². The summed E-state index contributed by atoms with van der Waals surface area (Å²) in [5, 5.41) is 15.5. The second kappa shape index (κ2) is 9.16. The Morgan fingerprint density at radius 1 is 0.882 bits per heavy atom. The fourth-order valence-electron chi connectivity index (χ4n) is 3.36. The molecule has 0 aliphatic rings. The van der Waals surface area contributed by atoms with Crippen LogP contribution in [0.4, 0.5) is 10.8 Å². The highest BCUT2D eigenvalue weighted by Gasteiger charge is 2.18. The zero-order valence-corrected chi connectivity index (χ0v) is 18.8. The third kappa shape index (κ3) is 4.37. The first-order valence-corrected chi connectivity index (χ1v) is 11.1. The Labute approximate surface area is 198 Å². The Morgan fingerprint density at radius 2 is 1.65 bits per heavy atom. The van der Waals surface area contributed by atoms with Crippen LogP contribution in [0.25, 0.3) is 21.5 Å². The van der Waals surface area contributed by atoms with Gasteiger partial charge in [0.15, 0.2) is 5.76 Å². The van der Waals surface area contributed by atoms with Crippen LogP contribution in [0.2, 0.25) is 0 Å². The number of ether oxygens (including phenoxy) is 1. The fraction of sp³-hybridized carbons (Fsp3) is 0.0400. The number of hydrogen-bond acceptors (Lipinski definition) is 7. The average molecular weight is 471 g/mol. The van der Waals surface area contributed by atoms with Crippen molar-refractivity contribution in [3.05, 3.63) is 90.2 Å². The van der Waals surface area contributed by atoms with Gasteiger partial charge in [-0.3, -0.25) is 14.9 Å². The molecule has 0 saturated heterocycles. The van der Waals surface area contributed by atoms with Gasteiger partial charge in [0, 0.05) is 10.9 Å². The van der Waals surface area contributed by atoms with E-state index in [2.05, 4.69) is 20.8 Å². The number of rotatable bonds is 6. The first kappa shape index (κ1) is 21.4. The van der Waals surface area contributed by atoms with Crippen LogP contribution in [0.15, 0.2) is 83.3 Å². The predicted octanol–water partition coefficient (Wildman–Crippen LogP) is 5.46. The molecule has 2 heterocycles. The number of hydrogen-bond donors (Lipinski definition) is 2. The lowest BCUT2D eigenvalue weighted by Gasteiger charge is -2.09. The maximum absolute atomic E-state index is 13.0. The van der Waals surface area contributed by atoms with Crippen LogP contribution >= 0.6 is 11.3 Å². The van der Waals surface area contributed by atoms with Gasteiger partial charge < -0.3 is 14.5 Å². The van der Waals surface area contributed by atoms with Crippen LogP contribution in [0.3, 0.4) is 0 Å². The molecule has 3 aromatic carbocycles. The molecule has 0 unspecified atom stereocenters. The van der Waals surface area contributed by atoms with E-state index in [1.807, 2.05) is 42.5 Å². The number of nitrogens with zero attached hydrogens (tertiary/aromatic N) is 2. The van der Waals surface area contributed by atoms with E-state index in [4.69, 9.17) is 9.15 Å². The average Bonchev–Trinajstić information content (AvgIpc) is 3.51. The van der Waals surface area contributed by atoms with Crippen molar-refractivity contribution in [1.82, 2.24) is 10.2 Å². The molecule has 8 nitrogen and oxygen atoms in total. The maximum atomic E-state index is 13.0. The van der Waals surface area contributed by atoms with Gasteiger partial charge in [0.05, 0.1) is 18.4 Å². The number of fused-ring (bicyclic) bond motifs is 1. The highest BCUT2D eigenvalue weighted by Crippen LogP contribution is 2.28. The Morgan fingerprint density at radius 3 is 2.44 bits per heavy atom. The van der Waals surface area contributed by atoms with Crippen LogP contribution in [0.5, 0.6) is 5.75 Å². The van der Waals surface area contributed by atoms with Gasteiger partial charge in [-0.05, 0) is 48.5 Å².